The zero-order valence-corrected chi connectivity index (χ0v) is 11.5. The highest BCUT2D eigenvalue weighted by molar-refractivity contribution is 7.98. The van der Waals surface area contributed by atoms with E-state index in [2.05, 4.69) is 12.2 Å². The third-order valence-corrected chi connectivity index (χ3v) is 3.51. The summed E-state index contributed by atoms with van der Waals surface area (Å²) in [5, 5.41) is 3.29. The normalized spacial score (nSPS) is 12.7. The van der Waals surface area contributed by atoms with Crippen LogP contribution in [0.1, 0.15) is 12.6 Å². The predicted molar refractivity (Wildman–Crippen MR) is 71.6 cm³/mol. The molecule has 96 valence electrons. The van der Waals surface area contributed by atoms with Gasteiger partial charge in [-0.3, -0.25) is 13.9 Å². The van der Waals surface area contributed by atoms with Crippen LogP contribution in [0.15, 0.2) is 15.7 Å². The highest BCUT2D eigenvalue weighted by Crippen LogP contribution is 1.98. The molecule has 0 radical (unpaired) electrons. The molecule has 1 unspecified atom stereocenters. The molecule has 0 amide bonds. The van der Waals surface area contributed by atoms with Gasteiger partial charge in [-0.05, 0) is 13.2 Å². The fourth-order valence-corrected chi connectivity index (χ4v) is 2.15. The summed E-state index contributed by atoms with van der Waals surface area (Å²) in [5.74, 6) is 0.999. The molecule has 0 bridgehead atoms. The molecule has 1 heterocycles. The summed E-state index contributed by atoms with van der Waals surface area (Å²) in [5.41, 5.74) is 0.167. The minimum atomic E-state index is -0.285. The van der Waals surface area contributed by atoms with Crippen molar-refractivity contribution >= 4 is 11.8 Å². The first-order valence-corrected chi connectivity index (χ1v) is 6.85. The number of hydrogen-bond acceptors (Lipinski definition) is 4. The lowest BCUT2D eigenvalue weighted by Crippen LogP contribution is -2.40. The van der Waals surface area contributed by atoms with Gasteiger partial charge in [0.25, 0.3) is 5.56 Å². The van der Waals surface area contributed by atoms with Crippen LogP contribution >= 0.6 is 11.8 Å². The molecule has 0 aliphatic carbocycles. The maximum atomic E-state index is 11.7. The average Bonchev–Trinajstić information content (AvgIpc) is 2.30. The summed E-state index contributed by atoms with van der Waals surface area (Å²) in [7, 11) is 3.16. The van der Waals surface area contributed by atoms with Crippen LogP contribution in [0.25, 0.3) is 0 Å². The molecular weight excluding hydrogens is 238 g/mol. The van der Waals surface area contributed by atoms with Crippen LogP contribution < -0.4 is 16.6 Å². The van der Waals surface area contributed by atoms with Crippen molar-refractivity contribution in [3.63, 3.8) is 0 Å². The van der Waals surface area contributed by atoms with Crippen molar-refractivity contribution in [3.8, 4) is 0 Å². The Balaban J connectivity index is 2.86. The van der Waals surface area contributed by atoms with Crippen molar-refractivity contribution in [1.82, 2.24) is 14.5 Å². The van der Waals surface area contributed by atoms with E-state index in [1.807, 2.05) is 6.26 Å². The SMILES string of the molecule is CSCC(C)NCc1cc(=O)n(C)c(=O)n1C. The van der Waals surface area contributed by atoms with E-state index in [1.54, 1.807) is 18.8 Å². The topological polar surface area (TPSA) is 56.0 Å². The maximum absolute atomic E-state index is 11.7. The first-order valence-electron chi connectivity index (χ1n) is 5.45. The lowest BCUT2D eigenvalue weighted by molar-refractivity contribution is 0.555. The second kappa shape index (κ2) is 6.07. The quantitative estimate of drug-likeness (QED) is 0.802. The van der Waals surface area contributed by atoms with E-state index in [0.717, 1.165) is 10.3 Å². The number of hydrogen-bond donors (Lipinski definition) is 1. The molecule has 1 rings (SSSR count). The standard InChI is InChI=1S/C11H19N3O2S/c1-8(7-17-4)12-6-9-5-10(15)14(3)11(16)13(9)2/h5,8,12H,6-7H2,1-4H3. The van der Waals surface area contributed by atoms with Gasteiger partial charge in [0.2, 0.25) is 0 Å². The van der Waals surface area contributed by atoms with Gasteiger partial charge in [0.15, 0.2) is 0 Å². The van der Waals surface area contributed by atoms with E-state index in [-0.39, 0.29) is 11.2 Å². The number of rotatable bonds is 5. The summed E-state index contributed by atoms with van der Waals surface area (Å²) in [6.07, 6.45) is 2.05. The Hall–Kier alpha value is -1.01. The van der Waals surface area contributed by atoms with Crippen molar-refractivity contribution in [2.45, 2.75) is 19.5 Å². The maximum Gasteiger partial charge on any atom is 0.330 e. The second-order valence-electron chi connectivity index (χ2n) is 4.11. The zero-order valence-electron chi connectivity index (χ0n) is 10.7. The van der Waals surface area contributed by atoms with E-state index in [4.69, 9.17) is 0 Å². The lowest BCUT2D eigenvalue weighted by atomic mass is 10.3. The van der Waals surface area contributed by atoms with Crippen LogP contribution in [0.4, 0.5) is 0 Å². The predicted octanol–water partition coefficient (Wildman–Crippen LogP) is -0.0749. The molecule has 1 aromatic heterocycles. The second-order valence-corrected chi connectivity index (χ2v) is 5.02. The van der Waals surface area contributed by atoms with Gasteiger partial charge in [0.1, 0.15) is 0 Å². The molecule has 0 aliphatic rings. The van der Waals surface area contributed by atoms with Crippen LogP contribution in [0.3, 0.4) is 0 Å². The minimum absolute atomic E-state index is 0.262. The molecule has 0 aromatic carbocycles. The molecule has 0 aliphatic heterocycles. The van der Waals surface area contributed by atoms with Crippen LogP contribution in [0.2, 0.25) is 0 Å². The zero-order chi connectivity index (χ0) is 13.0. The molecule has 0 saturated heterocycles. The average molecular weight is 257 g/mol. The van der Waals surface area contributed by atoms with Crippen molar-refractivity contribution in [1.29, 1.82) is 0 Å². The molecule has 6 heteroatoms. The molecule has 0 saturated carbocycles. The number of aromatic nitrogens is 2. The Morgan fingerprint density at radius 1 is 1.35 bits per heavy atom. The van der Waals surface area contributed by atoms with E-state index >= 15 is 0 Å². The van der Waals surface area contributed by atoms with Crippen molar-refractivity contribution < 1.29 is 0 Å². The van der Waals surface area contributed by atoms with E-state index in [1.165, 1.54) is 17.7 Å². The van der Waals surface area contributed by atoms with Gasteiger partial charge >= 0.3 is 5.69 Å². The van der Waals surface area contributed by atoms with Crippen LogP contribution in [0, 0.1) is 0 Å². The minimum Gasteiger partial charge on any atom is -0.308 e. The molecule has 1 atom stereocenters. The van der Waals surface area contributed by atoms with E-state index < -0.39 is 0 Å². The van der Waals surface area contributed by atoms with Crippen LogP contribution in [0.5, 0.6) is 0 Å². The van der Waals surface area contributed by atoms with Crippen LogP contribution in [-0.4, -0.2) is 27.2 Å². The molecule has 1 N–H and O–H groups in total. The van der Waals surface area contributed by atoms with Gasteiger partial charge in [-0.25, -0.2) is 4.79 Å². The summed E-state index contributed by atoms with van der Waals surface area (Å²) < 4.78 is 2.61. The van der Waals surface area contributed by atoms with E-state index in [9.17, 15) is 9.59 Å². The molecular formula is C11H19N3O2S. The molecule has 1 aromatic rings. The first-order chi connectivity index (χ1) is 7.97. The Bertz CT molecular complexity index is 492. The fourth-order valence-electron chi connectivity index (χ4n) is 1.54. The monoisotopic (exact) mass is 257 g/mol. The molecule has 17 heavy (non-hydrogen) atoms. The highest BCUT2D eigenvalue weighted by atomic mass is 32.2. The van der Waals surface area contributed by atoms with Gasteiger partial charge in [-0.15, -0.1) is 0 Å². The van der Waals surface area contributed by atoms with Crippen molar-refractivity contribution in [2.24, 2.45) is 14.1 Å². The summed E-state index contributed by atoms with van der Waals surface area (Å²) in [4.78, 5) is 23.2. The Morgan fingerprint density at radius 3 is 2.59 bits per heavy atom. The number of nitrogens with zero attached hydrogens (tertiary/aromatic N) is 2. The summed E-state index contributed by atoms with van der Waals surface area (Å²) >= 11 is 1.76. The smallest absolute Gasteiger partial charge is 0.308 e. The lowest BCUT2D eigenvalue weighted by Gasteiger charge is -2.14. The first kappa shape index (κ1) is 14.1. The third-order valence-electron chi connectivity index (χ3n) is 2.67. The summed E-state index contributed by atoms with van der Waals surface area (Å²) in [6, 6.07) is 1.85. The Morgan fingerprint density at radius 2 is 2.00 bits per heavy atom. The van der Waals surface area contributed by atoms with Crippen molar-refractivity contribution in [3.05, 3.63) is 32.6 Å². The molecule has 5 nitrogen and oxygen atoms in total. The van der Waals surface area contributed by atoms with Gasteiger partial charge in [-0.1, -0.05) is 0 Å². The van der Waals surface area contributed by atoms with Gasteiger partial charge in [0.05, 0.1) is 0 Å². The largest absolute Gasteiger partial charge is 0.330 e. The number of nitrogens with one attached hydrogen (secondary N) is 1. The summed E-state index contributed by atoms with van der Waals surface area (Å²) in [6.45, 7) is 2.61. The number of thioether (sulfide) groups is 1. The van der Waals surface area contributed by atoms with E-state index in [0.29, 0.717) is 18.3 Å². The Kier molecular flexibility index (Phi) is 5.02. The molecule has 0 fully saturated rings. The highest BCUT2D eigenvalue weighted by Gasteiger charge is 2.07. The third kappa shape index (κ3) is 3.47. The van der Waals surface area contributed by atoms with Crippen molar-refractivity contribution in [2.75, 3.05) is 12.0 Å². The van der Waals surface area contributed by atoms with Gasteiger partial charge in [-0.2, -0.15) is 11.8 Å². The van der Waals surface area contributed by atoms with Crippen LogP contribution in [-0.2, 0) is 20.6 Å². The Labute approximate surface area is 105 Å². The molecule has 0 spiro atoms. The van der Waals surface area contributed by atoms with Gasteiger partial charge in [0, 0.05) is 44.2 Å². The van der Waals surface area contributed by atoms with Gasteiger partial charge < -0.3 is 5.32 Å². The fraction of sp³-hybridized carbons (Fsp3) is 0.636.